The molecule has 0 aromatic heterocycles. The molecule has 1 fully saturated rings. The van der Waals surface area contributed by atoms with E-state index in [1.54, 1.807) is 12.1 Å². The minimum atomic E-state index is -1.16. The van der Waals surface area contributed by atoms with Gasteiger partial charge < -0.3 is 28.4 Å². The van der Waals surface area contributed by atoms with Gasteiger partial charge in [-0.25, -0.2) is 0 Å². The second-order valence-corrected chi connectivity index (χ2v) is 6.27. The van der Waals surface area contributed by atoms with Crippen molar-refractivity contribution in [1.29, 1.82) is 0 Å². The highest BCUT2D eigenvalue weighted by Gasteiger charge is 2.48. The van der Waals surface area contributed by atoms with E-state index in [1.807, 2.05) is 13.0 Å². The van der Waals surface area contributed by atoms with Crippen molar-refractivity contribution in [2.24, 2.45) is 0 Å². The lowest BCUT2D eigenvalue weighted by atomic mass is 10.0. The summed E-state index contributed by atoms with van der Waals surface area (Å²) in [5, 5.41) is 0. The van der Waals surface area contributed by atoms with Crippen LogP contribution in [0.2, 0.25) is 0 Å². The van der Waals surface area contributed by atoms with Gasteiger partial charge in [0.25, 0.3) is 0 Å². The molecule has 0 aliphatic carbocycles. The highest BCUT2D eigenvalue weighted by molar-refractivity contribution is 5.68. The van der Waals surface area contributed by atoms with Crippen LogP contribution < -0.4 is 9.47 Å². The summed E-state index contributed by atoms with van der Waals surface area (Å²) >= 11 is 0. The Labute approximate surface area is 162 Å². The van der Waals surface area contributed by atoms with E-state index in [2.05, 4.69) is 0 Å². The van der Waals surface area contributed by atoms with E-state index in [1.165, 1.54) is 27.9 Å². The molecule has 0 bridgehead atoms. The molecule has 1 aromatic carbocycles. The zero-order chi connectivity index (χ0) is 20.8. The second kappa shape index (κ2) is 9.41. The lowest BCUT2D eigenvalue weighted by Gasteiger charge is -2.40. The van der Waals surface area contributed by atoms with Gasteiger partial charge in [0, 0.05) is 20.8 Å². The standard InChI is InChI=1S/C19H24O9/c1-10-6-7-14(23-5)15(8-10)28-19-18(27-13(4)22)17(26-12(3)21)16(9-24-19)25-11(2)20/h6-8,16-19H,9H2,1-5H3/t16-,17+,18-,19+/m1/s1. The van der Waals surface area contributed by atoms with E-state index in [9.17, 15) is 14.4 Å². The third kappa shape index (κ3) is 5.59. The maximum atomic E-state index is 11.6. The number of esters is 3. The molecule has 154 valence electrons. The van der Waals surface area contributed by atoms with Crippen molar-refractivity contribution in [2.75, 3.05) is 13.7 Å². The predicted molar refractivity (Wildman–Crippen MR) is 94.8 cm³/mol. The molecule has 0 saturated carbocycles. The van der Waals surface area contributed by atoms with Crippen LogP contribution in [0.15, 0.2) is 18.2 Å². The van der Waals surface area contributed by atoms with E-state index in [0.717, 1.165) is 5.56 Å². The molecular weight excluding hydrogens is 372 g/mol. The fourth-order valence-electron chi connectivity index (χ4n) is 2.81. The van der Waals surface area contributed by atoms with Crippen LogP contribution in [0, 0.1) is 6.92 Å². The summed E-state index contributed by atoms with van der Waals surface area (Å²) in [7, 11) is 1.49. The summed E-state index contributed by atoms with van der Waals surface area (Å²) in [6, 6.07) is 5.29. The summed E-state index contributed by atoms with van der Waals surface area (Å²) in [5.41, 5.74) is 0.907. The molecule has 1 aliphatic heterocycles. The Morgan fingerprint density at radius 2 is 1.54 bits per heavy atom. The molecule has 9 heteroatoms. The molecule has 1 heterocycles. The molecule has 0 spiro atoms. The van der Waals surface area contributed by atoms with Crippen LogP contribution >= 0.6 is 0 Å². The van der Waals surface area contributed by atoms with Gasteiger partial charge in [-0.05, 0) is 24.6 Å². The Kier molecular flexibility index (Phi) is 7.22. The van der Waals surface area contributed by atoms with Crippen molar-refractivity contribution in [2.45, 2.75) is 52.3 Å². The Morgan fingerprint density at radius 1 is 0.929 bits per heavy atom. The smallest absolute Gasteiger partial charge is 0.303 e. The third-order valence-electron chi connectivity index (χ3n) is 3.87. The highest BCUT2D eigenvalue weighted by Crippen LogP contribution is 2.32. The van der Waals surface area contributed by atoms with Crippen molar-refractivity contribution in [3.05, 3.63) is 23.8 Å². The van der Waals surface area contributed by atoms with Crippen LogP contribution in [0.4, 0.5) is 0 Å². The van der Waals surface area contributed by atoms with E-state index in [4.69, 9.17) is 28.4 Å². The van der Waals surface area contributed by atoms with Gasteiger partial charge in [-0.15, -0.1) is 0 Å². The zero-order valence-electron chi connectivity index (χ0n) is 16.4. The molecule has 4 atom stereocenters. The molecule has 1 saturated heterocycles. The fourth-order valence-corrected chi connectivity index (χ4v) is 2.81. The van der Waals surface area contributed by atoms with Gasteiger partial charge in [0.2, 0.25) is 12.4 Å². The van der Waals surface area contributed by atoms with Gasteiger partial charge in [0.05, 0.1) is 13.7 Å². The van der Waals surface area contributed by atoms with Gasteiger partial charge in [-0.2, -0.15) is 0 Å². The average molecular weight is 396 g/mol. The molecule has 0 radical (unpaired) electrons. The molecule has 1 aromatic rings. The number of rotatable bonds is 6. The Balaban J connectivity index is 2.34. The topological polar surface area (TPSA) is 107 Å². The number of carbonyl (C=O) groups is 3. The Morgan fingerprint density at radius 3 is 2.11 bits per heavy atom. The largest absolute Gasteiger partial charge is 0.493 e. The lowest BCUT2D eigenvalue weighted by Crippen LogP contribution is -2.59. The minimum absolute atomic E-state index is 0.117. The van der Waals surface area contributed by atoms with Crippen molar-refractivity contribution in [3.8, 4) is 11.5 Å². The minimum Gasteiger partial charge on any atom is -0.493 e. The summed E-state index contributed by atoms with van der Waals surface area (Å²) in [5.74, 6) is -1.06. The van der Waals surface area contributed by atoms with E-state index in [-0.39, 0.29) is 6.61 Å². The van der Waals surface area contributed by atoms with Gasteiger partial charge >= 0.3 is 17.9 Å². The number of aryl methyl sites for hydroxylation is 1. The van der Waals surface area contributed by atoms with Gasteiger partial charge in [-0.1, -0.05) is 6.07 Å². The van der Waals surface area contributed by atoms with Crippen LogP contribution in [0.3, 0.4) is 0 Å². The number of ether oxygens (including phenoxy) is 6. The number of methoxy groups -OCH3 is 1. The van der Waals surface area contributed by atoms with Crippen molar-refractivity contribution >= 4 is 17.9 Å². The maximum Gasteiger partial charge on any atom is 0.303 e. The summed E-state index contributed by atoms with van der Waals surface area (Å²) in [6.45, 7) is 5.37. The first-order valence-electron chi connectivity index (χ1n) is 8.65. The number of hydrogen-bond donors (Lipinski definition) is 0. The third-order valence-corrected chi connectivity index (χ3v) is 3.87. The number of carbonyl (C=O) groups excluding carboxylic acids is 3. The molecule has 1 aliphatic rings. The molecule has 0 amide bonds. The predicted octanol–water partition coefficient (Wildman–Crippen LogP) is 1.53. The first-order chi connectivity index (χ1) is 13.2. The molecule has 28 heavy (non-hydrogen) atoms. The van der Waals surface area contributed by atoms with E-state index < -0.39 is 42.5 Å². The first-order valence-corrected chi connectivity index (χ1v) is 8.65. The maximum absolute atomic E-state index is 11.6. The molecule has 9 nitrogen and oxygen atoms in total. The van der Waals surface area contributed by atoms with Crippen molar-refractivity contribution in [3.63, 3.8) is 0 Å². The van der Waals surface area contributed by atoms with Crippen LogP contribution in [0.25, 0.3) is 0 Å². The highest BCUT2D eigenvalue weighted by atomic mass is 16.7. The molecule has 0 unspecified atom stereocenters. The van der Waals surface area contributed by atoms with Crippen LogP contribution in [-0.4, -0.2) is 56.2 Å². The van der Waals surface area contributed by atoms with Crippen molar-refractivity contribution in [1.82, 2.24) is 0 Å². The fraction of sp³-hybridized carbons (Fsp3) is 0.526. The monoisotopic (exact) mass is 396 g/mol. The zero-order valence-corrected chi connectivity index (χ0v) is 16.4. The summed E-state index contributed by atoms with van der Waals surface area (Å²) < 4.78 is 32.6. The van der Waals surface area contributed by atoms with Crippen LogP contribution in [-0.2, 0) is 33.3 Å². The van der Waals surface area contributed by atoms with E-state index in [0.29, 0.717) is 11.5 Å². The van der Waals surface area contributed by atoms with Gasteiger partial charge in [0.1, 0.15) is 0 Å². The number of benzene rings is 1. The lowest BCUT2D eigenvalue weighted by molar-refractivity contribution is -0.260. The molecule has 0 N–H and O–H groups in total. The first kappa shape index (κ1) is 21.5. The Hall–Kier alpha value is -2.81. The van der Waals surface area contributed by atoms with Crippen molar-refractivity contribution < 1.29 is 42.8 Å². The summed E-state index contributed by atoms with van der Waals surface area (Å²) in [6.07, 6.45) is -4.33. The normalized spacial score (nSPS) is 24.0. The van der Waals surface area contributed by atoms with Gasteiger partial charge in [0.15, 0.2) is 23.7 Å². The van der Waals surface area contributed by atoms with E-state index >= 15 is 0 Å². The molecular formula is C19H24O9. The van der Waals surface area contributed by atoms with Crippen LogP contribution in [0.5, 0.6) is 11.5 Å². The van der Waals surface area contributed by atoms with Gasteiger partial charge in [-0.3, -0.25) is 14.4 Å². The number of hydrogen-bond acceptors (Lipinski definition) is 9. The SMILES string of the molecule is COc1ccc(C)cc1O[C@@H]1OC[C@@H](OC(C)=O)[C@H](OC(C)=O)[C@H]1OC(C)=O. The average Bonchev–Trinajstić information content (AvgIpc) is 2.59. The Bertz CT molecular complexity index is 730. The quantitative estimate of drug-likeness (QED) is 0.523. The molecule has 2 rings (SSSR count). The summed E-state index contributed by atoms with van der Waals surface area (Å²) in [4.78, 5) is 34.6. The van der Waals surface area contributed by atoms with Crippen LogP contribution in [0.1, 0.15) is 26.3 Å². The second-order valence-electron chi connectivity index (χ2n) is 6.27.